The maximum absolute atomic E-state index is 13.1. The van der Waals surface area contributed by atoms with Crippen LogP contribution in [0.15, 0.2) is 24.3 Å². The van der Waals surface area contributed by atoms with Gasteiger partial charge >= 0.3 is 0 Å². The van der Waals surface area contributed by atoms with Crippen LogP contribution in [-0.4, -0.2) is 40.7 Å². The van der Waals surface area contributed by atoms with Crippen molar-refractivity contribution in [1.82, 2.24) is 4.90 Å². The molecule has 1 aromatic rings. The fourth-order valence-corrected chi connectivity index (χ4v) is 3.80. The van der Waals surface area contributed by atoms with Crippen LogP contribution in [0.2, 0.25) is 0 Å². The molecule has 1 saturated heterocycles. The first-order chi connectivity index (χ1) is 11.5. The smallest absolute Gasteiger partial charge is 0.225 e. The second kappa shape index (κ2) is 7.19. The van der Waals surface area contributed by atoms with Crippen LogP contribution >= 0.6 is 0 Å². The van der Waals surface area contributed by atoms with E-state index < -0.39 is 5.60 Å². The zero-order chi connectivity index (χ0) is 17.2. The average Bonchev–Trinajstić information content (AvgIpc) is 2.55. The van der Waals surface area contributed by atoms with Crippen molar-refractivity contribution in [3.63, 3.8) is 0 Å². The summed E-state index contributed by atoms with van der Waals surface area (Å²) in [5.74, 6) is -0.295. The highest BCUT2D eigenvalue weighted by molar-refractivity contribution is 5.77. The second-order valence-corrected chi connectivity index (χ2v) is 7.25. The van der Waals surface area contributed by atoms with Crippen molar-refractivity contribution in [3.8, 4) is 0 Å². The van der Waals surface area contributed by atoms with Gasteiger partial charge in [0, 0.05) is 6.54 Å². The van der Waals surface area contributed by atoms with Crippen LogP contribution in [-0.2, 0) is 9.53 Å². The van der Waals surface area contributed by atoms with Crippen LogP contribution in [0.1, 0.15) is 57.1 Å². The number of aliphatic hydroxyl groups is 1. The lowest BCUT2D eigenvalue weighted by atomic mass is 9.82. The molecule has 1 aromatic carbocycles. The highest BCUT2D eigenvalue weighted by Gasteiger charge is 2.36. The van der Waals surface area contributed by atoms with E-state index in [1.807, 2.05) is 6.92 Å². The Balaban J connectivity index is 1.66. The fourth-order valence-electron chi connectivity index (χ4n) is 3.80. The first kappa shape index (κ1) is 17.4. The Labute approximate surface area is 142 Å². The molecule has 2 fully saturated rings. The topological polar surface area (TPSA) is 49.8 Å². The summed E-state index contributed by atoms with van der Waals surface area (Å²) in [5, 5.41) is 10.6. The van der Waals surface area contributed by atoms with Gasteiger partial charge in [0.15, 0.2) is 0 Å². The molecule has 1 aliphatic carbocycles. The van der Waals surface area contributed by atoms with Gasteiger partial charge in [-0.2, -0.15) is 0 Å². The van der Waals surface area contributed by atoms with E-state index in [9.17, 15) is 14.3 Å². The molecule has 1 N–H and O–H groups in total. The third kappa shape index (κ3) is 4.14. The van der Waals surface area contributed by atoms with Gasteiger partial charge in [0.05, 0.1) is 24.7 Å². The highest BCUT2D eigenvalue weighted by Crippen LogP contribution is 2.32. The number of carbonyl (C=O) groups excluding carboxylic acids is 1. The van der Waals surface area contributed by atoms with E-state index in [0.29, 0.717) is 25.9 Å². The molecule has 1 heterocycles. The first-order valence-electron chi connectivity index (χ1n) is 8.86. The van der Waals surface area contributed by atoms with Crippen LogP contribution in [0.5, 0.6) is 0 Å². The zero-order valence-electron chi connectivity index (χ0n) is 14.2. The molecule has 2 unspecified atom stereocenters. The summed E-state index contributed by atoms with van der Waals surface area (Å²) in [6.07, 6.45) is 4.38. The summed E-state index contributed by atoms with van der Waals surface area (Å²) in [6.45, 7) is 2.92. The fraction of sp³-hybridized carbons (Fsp3) is 0.632. The summed E-state index contributed by atoms with van der Waals surface area (Å²) in [6, 6.07) is 6.23. The normalized spacial score (nSPS) is 27.0. The lowest BCUT2D eigenvalue weighted by Gasteiger charge is -2.39. The lowest BCUT2D eigenvalue weighted by molar-refractivity contribution is -0.150. The van der Waals surface area contributed by atoms with Gasteiger partial charge in [0.25, 0.3) is 0 Å². The molecule has 132 valence electrons. The molecule has 3 rings (SSSR count). The van der Waals surface area contributed by atoms with Crippen molar-refractivity contribution >= 4 is 5.91 Å². The molecule has 1 aliphatic heterocycles. The predicted octanol–water partition coefficient (Wildman–Crippen LogP) is 3.20. The Morgan fingerprint density at radius 3 is 2.58 bits per heavy atom. The number of ether oxygens (including phenoxy) is 1. The largest absolute Gasteiger partial charge is 0.389 e. The summed E-state index contributed by atoms with van der Waals surface area (Å²) in [4.78, 5) is 14.5. The molecule has 4 nitrogen and oxygen atoms in total. The van der Waals surface area contributed by atoms with Gasteiger partial charge < -0.3 is 14.7 Å². The van der Waals surface area contributed by atoms with E-state index in [2.05, 4.69) is 0 Å². The zero-order valence-corrected chi connectivity index (χ0v) is 14.2. The summed E-state index contributed by atoms with van der Waals surface area (Å²) < 4.78 is 19.0. The standard InChI is InChI=1S/C19H26FNO3/c1-14-12-21(18(22)11-19(23)9-3-2-4-10-19)13-17(24-14)15-5-7-16(20)8-6-15/h5-8,14,17,23H,2-4,9-13H2,1H3. The van der Waals surface area contributed by atoms with Crippen LogP contribution in [0.25, 0.3) is 0 Å². The van der Waals surface area contributed by atoms with Gasteiger partial charge in [-0.1, -0.05) is 31.4 Å². The minimum atomic E-state index is -0.845. The molecular formula is C19H26FNO3. The number of benzene rings is 1. The lowest BCUT2D eigenvalue weighted by Crippen LogP contribution is -2.48. The Morgan fingerprint density at radius 1 is 1.25 bits per heavy atom. The Bertz CT molecular complexity index is 568. The number of halogens is 1. The number of hydrogen-bond acceptors (Lipinski definition) is 3. The van der Waals surface area contributed by atoms with Crippen LogP contribution in [0.4, 0.5) is 4.39 Å². The molecule has 1 saturated carbocycles. The third-order valence-electron chi connectivity index (χ3n) is 5.12. The molecule has 24 heavy (non-hydrogen) atoms. The van der Waals surface area contributed by atoms with Gasteiger partial charge in [-0.05, 0) is 37.5 Å². The van der Waals surface area contributed by atoms with Crippen molar-refractivity contribution in [2.75, 3.05) is 13.1 Å². The summed E-state index contributed by atoms with van der Waals surface area (Å²) in [5.41, 5.74) is 0.0273. The van der Waals surface area contributed by atoms with Gasteiger partial charge in [-0.15, -0.1) is 0 Å². The third-order valence-corrected chi connectivity index (χ3v) is 5.12. The molecule has 2 atom stereocenters. The Kier molecular flexibility index (Phi) is 5.21. The number of amides is 1. The van der Waals surface area contributed by atoms with E-state index in [-0.39, 0.29) is 30.4 Å². The minimum Gasteiger partial charge on any atom is -0.389 e. The van der Waals surface area contributed by atoms with Gasteiger partial charge in [0.1, 0.15) is 11.9 Å². The Hall–Kier alpha value is -1.46. The van der Waals surface area contributed by atoms with E-state index in [1.165, 1.54) is 12.1 Å². The SMILES string of the molecule is CC1CN(C(=O)CC2(O)CCCCC2)CC(c2ccc(F)cc2)O1. The predicted molar refractivity (Wildman–Crippen MR) is 88.9 cm³/mol. The molecule has 0 bridgehead atoms. The van der Waals surface area contributed by atoms with Crippen molar-refractivity contribution in [2.24, 2.45) is 0 Å². The second-order valence-electron chi connectivity index (χ2n) is 7.25. The van der Waals surface area contributed by atoms with Crippen LogP contribution in [0.3, 0.4) is 0 Å². The van der Waals surface area contributed by atoms with Gasteiger partial charge in [0.2, 0.25) is 5.91 Å². The van der Waals surface area contributed by atoms with Crippen molar-refractivity contribution in [1.29, 1.82) is 0 Å². The van der Waals surface area contributed by atoms with E-state index in [0.717, 1.165) is 24.8 Å². The molecule has 0 aromatic heterocycles. The van der Waals surface area contributed by atoms with Crippen molar-refractivity contribution in [3.05, 3.63) is 35.6 Å². The number of carbonyl (C=O) groups is 1. The van der Waals surface area contributed by atoms with E-state index in [4.69, 9.17) is 4.74 Å². The number of morpholine rings is 1. The molecule has 1 amide bonds. The number of hydrogen-bond donors (Lipinski definition) is 1. The molecule has 0 spiro atoms. The molecule has 0 radical (unpaired) electrons. The quantitative estimate of drug-likeness (QED) is 0.923. The number of nitrogens with zero attached hydrogens (tertiary/aromatic N) is 1. The number of rotatable bonds is 3. The maximum atomic E-state index is 13.1. The summed E-state index contributed by atoms with van der Waals surface area (Å²) >= 11 is 0. The highest BCUT2D eigenvalue weighted by atomic mass is 19.1. The van der Waals surface area contributed by atoms with Gasteiger partial charge in [-0.25, -0.2) is 4.39 Å². The summed E-state index contributed by atoms with van der Waals surface area (Å²) in [7, 11) is 0. The first-order valence-corrected chi connectivity index (χ1v) is 8.86. The molecular weight excluding hydrogens is 309 g/mol. The maximum Gasteiger partial charge on any atom is 0.225 e. The molecule has 5 heteroatoms. The molecule has 2 aliphatic rings. The van der Waals surface area contributed by atoms with Crippen LogP contribution in [0, 0.1) is 5.82 Å². The van der Waals surface area contributed by atoms with Gasteiger partial charge in [-0.3, -0.25) is 4.79 Å². The van der Waals surface area contributed by atoms with E-state index in [1.54, 1.807) is 17.0 Å². The van der Waals surface area contributed by atoms with Crippen molar-refractivity contribution in [2.45, 2.75) is 63.3 Å². The Morgan fingerprint density at radius 2 is 1.92 bits per heavy atom. The van der Waals surface area contributed by atoms with Crippen molar-refractivity contribution < 1.29 is 19.0 Å². The average molecular weight is 335 g/mol. The monoisotopic (exact) mass is 335 g/mol. The van der Waals surface area contributed by atoms with E-state index >= 15 is 0 Å². The van der Waals surface area contributed by atoms with Crippen LogP contribution < -0.4 is 0 Å². The minimum absolute atomic E-state index is 0.0124.